The summed E-state index contributed by atoms with van der Waals surface area (Å²) in [5, 5.41) is 0. The first-order valence-corrected chi connectivity index (χ1v) is 13.3. The van der Waals surface area contributed by atoms with Crippen LogP contribution >= 0.6 is 0 Å². The lowest BCUT2D eigenvalue weighted by Crippen LogP contribution is -2.44. The maximum atomic E-state index is 13.7. The summed E-state index contributed by atoms with van der Waals surface area (Å²) in [5.74, 6) is -0.102. The second-order valence-electron chi connectivity index (χ2n) is 11.3. The third-order valence-corrected chi connectivity index (χ3v) is 7.39. The Kier molecular flexibility index (Phi) is 9.48. The van der Waals surface area contributed by atoms with Crippen molar-refractivity contribution in [2.24, 2.45) is 11.3 Å². The molecule has 0 unspecified atom stereocenters. The third kappa shape index (κ3) is 7.92. The Morgan fingerprint density at radius 3 is 2.37 bits per heavy atom. The largest absolute Gasteiger partial charge is 0.339 e. The van der Waals surface area contributed by atoms with Crippen LogP contribution < -0.4 is 0 Å². The van der Waals surface area contributed by atoms with E-state index in [9.17, 15) is 9.59 Å². The van der Waals surface area contributed by atoms with Crippen LogP contribution in [0.3, 0.4) is 0 Å². The van der Waals surface area contributed by atoms with Gasteiger partial charge in [-0.05, 0) is 74.1 Å². The minimum atomic E-state index is -0.304. The fourth-order valence-corrected chi connectivity index (χ4v) is 5.15. The molecule has 0 radical (unpaired) electrons. The van der Waals surface area contributed by atoms with Gasteiger partial charge in [-0.3, -0.25) is 9.59 Å². The number of carbonyl (C=O) groups excluding carboxylic acids is 2. The highest BCUT2D eigenvalue weighted by atomic mass is 16.2. The molecule has 2 aromatic carbocycles. The highest BCUT2D eigenvalue weighted by molar-refractivity contribution is 5.99. The average Bonchev–Trinajstić information content (AvgIpc) is 3.29. The standard InChI is InChI=1S/C32H43NO2/c1-24-17-19-27(20-18-24)25(2)22-29(34)23-30(32(3,4)5)31(35)33-21-11-16-28(33)15-10-9-14-26-12-7-6-8-13-26/h6-8,12-13,17-20,22,28,30H,9-11,14-16,21,23H2,1-5H3/b25-22+/t28-,30-/m1/s1. The molecule has 1 saturated heterocycles. The molecular weight excluding hydrogens is 430 g/mol. The van der Waals surface area contributed by atoms with E-state index in [-0.39, 0.29) is 29.4 Å². The van der Waals surface area contributed by atoms with Gasteiger partial charge in [0.2, 0.25) is 5.91 Å². The van der Waals surface area contributed by atoms with E-state index >= 15 is 0 Å². The van der Waals surface area contributed by atoms with Crippen molar-refractivity contribution in [1.82, 2.24) is 4.90 Å². The van der Waals surface area contributed by atoms with Crippen molar-refractivity contribution in [3.8, 4) is 0 Å². The summed E-state index contributed by atoms with van der Waals surface area (Å²) in [5.41, 5.74) is 4.32. The van der Waals surface area contributed by atoms with Crippen LogP contribution in [0.1, 0.15) is 82.9 Å². The fraction of sp³-hybridized carbons (Fsp3) is 0.500. The van der Waals surface area contributed by atoms with E-state index in [1.54, 1.807) is 6.08 Å². The topological polar surface area (TPSA) is 37.4 Å². The van der Waals surface area contributed by atoms with Crippen molar-refractivity contribution in [3.63, 3.8) is 0 Å². The highest BCUT2D eigenvalue weighted by Crippen LogP contribution is 2.34. The number of amides is 1. The molecule has 1 fully saturated rings. The maximum absolute atomic E-state index is 13.7. The Labute approximate surface area is 212 Å². The highest BCUT2D eigenvalue weighted by Gasteiger charge is 2.39. The predicted molar refractivity (Wildman–Crippen MR) is 146 cm³/mol. The lowest BCUT2D eigenvalue weighted by Gasteiger charge is -2.35. The number of carbonyl (C=O) groups is 2. The molecule has 3 heteroatoms. The van der Waals surface area contributed by atoms with Gasteiger partial charge in [0, 0.05) is 19.0 Å². The van der Waals surface area contributed by atoms with Crippen LogP contribution in [0.15, 0.2) is 60.7 Å². The van der Waals surface area contributed by atoms with Crippen LogP contribution in [0, 0.1) is 18.3 Å². The second kappa shape index (κ2) is 12.3. The minimum absolute atomic E-state index is 0.0370. The van der Waals surface area contributed by atoms with Gasteiger partial charge in [-0.25, -0.2) is 0 Å². The van der Waals surface area contributed by atoms with Crippen LogP contribution in [0.25, 0.3) is 5.57 Å². The first-order valence-electron chi connectivity index (χ1n) is 13.3. The SMILES string of the molecule is C/C(=C\C(=O)C[C@H](C(=O)N1CCC[C@H]1CCCCc1ccccc1)C(C)(C)C)c1ccc(C)cc1. The summed E-state index contributed by atoms with van der Waals surface area (Å²) in [6.07, 6.45) is 8.54. The van der Waals surface area contributed by atoms with E-state index in [4.69, 9.17) is 0 Å². The molecule has 1 aliphatic heterocycles. The van der Waals surface area contributed by atoms with Crippen molar-refractivity contribution in [2.45, 2.75) is 85.6 Å². The first-order chi connectivity index (χ1) is 16.6. The lowest BCUT2D eigenvalue weighted by atomic mass is 9.76. The van der Waals surface area contributed by atoms with Gasteiger partial charge in [0.15, 0.2) is 5.78 Å². The lowest BCUT2D eigenvalue weighted by molar-refractivity contribution is -0.142. The number of unbranched alkanes of at least 4 members (excludes halogenated alkanes) is 1. The number of likely N-dealkylation sites (tertiary alicyclic amines) is 1. The van der Waals surface area contributed by atoms with Gasteiger partial charge >= 0.3 is 0 Å². The molecule has 3 nitrogen and oxygen atoms in total. The number of hydrogen-bond acceptors (Lipinski definition) is 2. The molecule has 3 rings (SSSR count). The summed E-state index contributed by atoms with van der Waals surface area (Å²) < 4.78 is 0. The number of rotatable bonds is 10. The average molecular weight is 474 g/mol. The van der Waals surface area contributed by atoms with Gasteiger partial charge in [0.25, 0.3) is 0 Å². The van der Waals surface area contributed by atoms with Gasteiger partial charge in [0.05, 0.1) is 5.92 Å². The summed E-state index contributed by atoms with van der Waals surface area (Å²) in [6, 6.07) is 19.1. The molecule has 2 aromatic rings. The van der Waals surface area contributed by atoms with Crippen LogP contribution in [-0.2, 0) is 16.0 Å². The van der Waals surface area contributed by atoms with Crippen LogP contribution in [0.4, 0.5) is 0 Å². The van der Waals surface area contributed by atoms with E-state index in [1.165, 1.54) is 11.1 Å². The molecular formula is C32H43NO2. The van der Waals surface area contributed by atoms with E-state index in [0.29, 0.717) is 6.04 Å². The summed E-state index contributed by atoms with van der Waals surface area (Å²) in [4.78, 5) is 28.9. The van der Waals surface area contributed by atoms with Crippen molar-refractivity contribution in [1.29, 1.82) is 0 Å². The van der Waals surface area contributed by atoms with Crippen LogP contribution in [0.5, 0.6) is 0 Å². The molecule has 0 saturated carbocycles. The van der Waals surface area contributed by atoms with E-state index in [2.05, 4.69) is 75.1 Å². The number of allylic oxidation sites excluding steroid dienone is 2. The van der Waals surface area contributed by atoms with Crippen molar-refractivity contribution in [2.75, 3.05) is 6.54 Å². The van der Waals surface area contributed by atoms with E-state index < -0.39 is 0 Å². The van der Waals surface area contributed by atoms with Crippen molar-refractivity contribution >= 4 is 17.3 Å². The number of hydrogen-bond donors (Lipinski definition) is 0. The Morgan fingerprint density at radius 1 is 1.03 bits per heavy atom. The number of ketones is 1. The zero-order valence-electron chi connectivity index (χ0n) is 22.3. The second-order valence-corrected chi connectivity index (χ2v) is 11.3. The van der Waals surface area contributed by atoms with Gasteiger partial charge in [-0.1, -0.05) is 87.4 Å². The Morgan fingerprint density at radius 2 is 1.71 bits per heavy atom. The molecule has 1 amide bonds. The number of benzene rings is 2. The monoisotopic (exact) mass is 473 g/mol. The van der Waals surface area contributed by atoms with Gasteiger partial charge in [0.1, 0.15) is 0 Å². The Balaban J connectivity index is 1.61. The van der Waals surface area contributed by atoms with Crippen LogP contribution in [0.2, 0.25) is 0 Å². The maximum Gasteiger partial charge on any atom is 0.226 e. The normalized spacial score (nSPS) is 17.5. The van der Waals surface area contributed by atoms with E-state index in [1.807, 2.05) is 19.1 Å². The molecule has 1 heterocycles. The molecule has 2 atom stereocenters. The molecule has 0 bridgehead atoms. The zero-order valence-corrected chi connectivity index (χ0v) is 22.3. The van der Waals surface area contributed by atoms with Gasteiger partial charge < -0.3 is 4.90 Å². The van der Waals surface area contributed by atoms with Gasteiger partial charge in [-0.15, -0.1) is 0 Å². The van der Waals surface area contributed by atoms with Crippen LogP contribution in [-0.4, -0.2) is 29.2 Å². The van der Waals surface area contributed by atoms with E-state index in [0.717, 1.165) is 56.2 Å². The van der Waals surface area contributed by atoms with Crippen molar-refractivity contribution < 1.29 is 9.59 Å². The number of nitrogens with zero attached hydrogens (tertiary/aromatic N) is 1. The minimum Gasteiger partial charge on any atom is -0.339 e. The molecule has 1 aliphatic rings. The van der Waals surface area contributed by atoms with Gasteiger partial charge in [-0.2, -0.15) is 0 Å². The summed E-state index contributed by atoms with van der Waals surface area (Å²) >= 11 is 0. The molecule has 35 heavy (non-hydrogen) atoms. The van der Waals surface area contributed by atoms with Crippen molar-refractivity contribution in [3.05, 3.63) is 77.4 Å². The molecule has 188 valence electrons. The zero-order chi connectivity index (χ0) is 25.4. The summed E-state index contributed by atoms with van der Waals surface area (Å²) in [7, 11) is 0. The summed E-state index contributed by atoms with van der Waals surface area (Å²) in [6.45, 7) is 11.1. The number of aryl methyl sites for hydroxylation is 2. The Hall–Kier alpha value is -2.68. The third-order valence-electron chi connectivity index (χ3n) is 7.39. The fourth-order valence-electron chi connectivity index (χ4n) is 5.15. The predicted octanol–water partition coefficient (Wildman–Crippen LogP) is 7.42. The smallest absolute Gasteiger partial charge is 0.226 e. The molecule has 0 spiro atoms. The Bertz CT molecular complexity index is 998. The first kappa shape index (κ1) is 26.9. The molecule has 0 N–H and O–H groups in total. The quantitative estimate of drug-likeness (QED) is 0.266. The molecule has 0 aromatic heterocycles. The molecule has 0 aliphatic carbocycles.